The molecule has 0 radical (unpaired) electrons. The molecule has 1 aromatic carbocycles. The van der Waals surface area contributed by atoms with Crippen LogP contribution in [0.4, 0.5) is 0 Å². The minimum Gasteiger partial charge on any atom is -0.480 e. The quantitative estimate of drug-likeness (QED) is 0.343. The Hall–Kier alpha value is -2.45. The molecule has 0 saturated carbocycles. The first-order valence-corrected chi connectivity index (χ1v) is 10.3. The average Bonchev–Trinajstić information content (AvgIpc) is 2.65. The molecule has 6 N–H and O–H groups in total. The van der Waals surface area contributed by atoms with Crippen molar-refractivity contribution >= 4 is 17.9 Å². The van der Waals surface area contributed by atoms with E-state index >= 15 is 0 Å². The maximum Gasteiger partial charge on any atom is 0.320 e. The minimum absolute atomic E-state index is 0.357. The van der Waals surface area contributed by atoms with Crippen LogP contribution in [0.3, 0.4) is 0 Å². The van der Waals surface area contributed by atoms with Crippen LogP contribution < -0.4 is 11.1 Å². The molecule has 1 aromatic rings. The van der Waals surface area contributed by atoms with E-state index in [9.17, 15) is 14.4 Å². The number of nitrogens with two attached hydrogens (primary N) is 1. The Morgan fingerprint density at radius 2 is 1.40 bits per heavy atom. The van der Waals surface area contributed by atoms with Crippen molar-refractivity contribution in [2.45, 2.75) is 77.9 Å². The maximum atomic E-state index is 11.2. The van der Waals surface area contributed by atoms with Gasteiger partial charge in [-0.25, -0.2) is 0 Å². The number of hydrogen-bond acceptors (Lipinski definition) is 5. The molecule has 0 aliphatic rings. The van der Waals surface area contributed by atoms with Gasteiger partial charge in [-0.15, -0.1) is 0 Å². The molecule has 0 aromatic heterocycles. The molecule has 0 spiro atoms. The number of aliphatic carboxylic acids is 3. The highest BCUT2D eigenvalue weighted by Gasteiger charge is 2.22. The van der Waals surface area contributed by atoms with Crippen molar-refractivity contribution in [1.82, 2.24) is 5.32 Å². The van der Waals surface area contributed by atoms with E-state index in [0.29, 0.717) is 25.2 Å². The molecular weight excluding hydrogens is 388 g/mol. The Balaban J connectivity index is 0.000000787. The number of rotatable bonds is 12. The fraction of sp³-hybridized carbons (Fsp3) is 0.591. The average molecular weight is 425 g/mol. The Morgan fingerprint density at radius 1 is 0.900 bits per heavy atom. The monoisotopic (exact) mass is 424 g/mol. The fourth-order valence-corrected chi connectivity index (χ4v) is 2.73. The van der Waals surface area contributed by atoms with Gasteiger partial charge in [-0.1, -0.05) is 51.5 Å². The van der Waals surface area contributed by atoms with Crippen molar-refractivity contribution in [3.63, 3.8) is 0 Å². The van der Waals surface area contributed by atoms with Gasteiger partial charge in [-0.05, 0) is 49.7 Å². The van der Waals surface area contributed by atoms with E-state index < -0.39 is 36.0 Å². The van der Waals surface area contributed by atoms with Gasteiger partial charge in [0.25, 0.3) is 0 Å². The second-order valence-corrected chi connectivity index (χ2v) is 7.80. The lowest BCUT2D eigenvalue weighted by Crippen LogP contribution is -2.45. The third-order valence-corrected chi connectivity index (χ3v) is 4.45. The molecule has 0 unspecified atom stereocenters. The number of benzene rings is 1. The molecule has 0 saturated heterocycles. The SMILES string of the molecule is CC(C)C[C@H](N)C(=O)O.CCCc1ccc(CC[C@H](N[C@H](C)C(=O)O)C(=O)O)cc1. The highest BCUT2D eigenvalue weighted by Crippen LogP contribution is 2.10. The predicted octanol–water partition coefficient (Wildman–Crippen LogP) is 2.53. The summed E-state index contributed by atoms with van der Waals surface area (Å²) in [6, 6.07) is 5.70. The number of aryl methyl sites for hydroxylation is 2. The summed E-state index contributed by atoms with van der Waals surface area (Å²) in [4.78, 5) is 32.0. The molecule has 0 heterocycles. The molecule has 0 bridgehead atoms. The Labute approximate surface area is 178 Å². The van der Waals surface area contributed by atoms with Crippen LogP contribution in [0.2, 0.25) is 0 Å². The molecule has 1 rings (SSSR count). The molecule has 3 atom stereocenters. The largest absolute Gasteiger partial charge is 0.480 e. The summed E-state index contributed by atoms with van der Waals surface area (Å²) in [5, 5.41) is 28.9. The molecule has 0 aliphatic carbocycles. The van der Waals surface area contributed by atoms with Crippen LogP contribution >= 0.6 is 0 Å². The van der Waals surface area contributed by atoms with E-state index in [1.54, 1.807) is 0 Å². The van der Waals surface area contributed by atoms with Crippen molar-refractivity contribution < 1.29 is 29.7 Å². The van der Waals surface area contributed by atoms with Gasteiger partial charge >= 0.3 is 17.9 Å². The molecular formula is C22H36N2O6. The van der Waals surface area contributed by atoms with E-state index in [4.69, 9.17) is 21.1 Å². The van der Waals surface area contributed by atoms with Crippen LogP contribution in [0.25, 0.3) is 0 Å². The zero-order chi connectivity index (χ0) is 23.3. The van der Waals surface area contributed by atoms with E-state index in [1.807, 2.05) is 26.0 Å². The lowest BCUT2D eigenvalue weighted by molar-refractivity contribution is -0.142. The van der Waals surface area contributed by atoms with Crippen LogP contribution in [0.5, 0.6) is 0 Å². The molecule has 170 valence electrons. The van der Waals surface area contributed by atoms with E-state index in [-0.39, 0.29) is 0 Å². The Morgan fingerprint density at radius 3 is 1.73 bits per heavy atom. The van der Waals surface area contributed by atoms with Crippen LogP contribution in [-0.2, 0) is 27.2 Å². The zero-order valence-electron chi connectivity index (χ0n) is 18.3. The topological polar surface area (TPSA) is 150 Å². The van der Waals surface area contributed by atoms with Crippen LogP contribution in [0.1, 0.15) is 58.1 Å². The number of hydrogen-bond donors (Lipinski definition) is 5. The van der Waals surface area contributed by atoms with Gasteiger partial charge in [-0.3, -0.25) is 19.7 Å². The van der Waals surface area contributed by atoms with Crippen LogP contribution in [-0.4, -0.2) is 51.4 Å². The molecule has 0 amide bonds. The minimum atomic E-state index is -1.05. The highest BCUT2D eigenvalue weighted by atomic mass is 16.4. The summed E-state index contributed by atoms with van der Waals surface area (Å²) >= 11 is 0. The van der Waals surface area contributed by atoms with Crippen molar-refractivity contribution in [1.29, 1.82) is 0 Å². The summed E-state index contributed by atoms with van der Waals surface area (Å²) in [7, 11) is 0. The van der Waals surface area contributed by atoms with E-state index in [0.717, 1.165) is 18.4 Å². The molecule has 8 nitrogen and oxygen atoms in total. The van der Waals surface area contributed by atoms with Crippen molar-refractivity contribution in [2.75, 3.05) is 0 Å². The number of carbonyl (C=O) groups is 3. The van der Waals surface area contributed by atoms with E-state index in [1.165, 1.54) is 12.5 Å². The molecule has 0 fully saturated rings. The lowest BCUT2D eigenvalue weighted by Gasteiger charge is -2.17. The zero-order valence-corrected chi connectivity index (χ0v) is 18.3. The first-order valence-electron chi connectivity index (χ1n) is 10.3. The van der Waals surface area contributed by atoms with Gasteiger partial charge in [-0.2, -0.15) is 0 Å². The molecule has 30 heavy (non-hydrogen) atoms. The summed E-state index contributed by atoms with van der Waals surface area (Å²) in [6.45, 7) is 7.46. The Kier molecular flexibility index (Phi) is 13.3. The summed E-state index contributed by atoms with van der Waals surface area (Å²) in [6.07, 6.45) is 3.64. The maximum absolute atomic E-state index is 11.2. The van der Waals surface area contributed by atoms with Crippen molar-refractivity contribution in [2.24, 2.45) is 11.7 Å². The fourth-order valence-electron chi connectivity index (χ4n) is 2.73. The number of carboxylic acid groups (broad SMARTS) is 3. The van der Waals surface area contributed by atoms with Gasteiger partial charge in [0.05, 0.1) is 0 Å². The second kappa shape index (κ2) is 14.5. The second-order valence-electron chi connectivity index (χ2n) is 7.80. The third kappa shape index (κ3) is 12.2. The van der Waals surface area contributed by atoms with Crippen molar-refractivity contribution in [3.05, 3.63) is 35.4 Å². The predicted molar refractivity (Wildman–Crippen MR) is 115 cm³/mol. The first kappa shape index (κ1) is 27.5. The number of nitrogens with one attached hydrogen (secondary N) is 1. The van der Waals surface area contributed by atoms with Gasteiger partial charge in [0.2, 0.25) is 0 Å². The summed E-state index contributed by atoms with van der Waals surface area (Å²) < 4.78 is 0. The van der Waals surface area contributed by atoms with Crippen molar-refractivity contribution in [3.8, 4) is 0 Å². The molecule has 8 heteroatoms. The lowest BCUT2D eigenvalue weighted by atomic mass is 10.0. The van der Waals surface area contributed by atoms with Gasteiger partial charge in [0.15, 0.2) is 0 Å². The standard InChI is InChI=1S/C16H23NO4.C6H13NO2/c1-3-4-12-5-7-13(8-6-12)9-10-14(16(20)21)17-11(2)15(18)19;1-4(2)3-5(7)6(8)9/h5-8,11,14,17H,3-4,9-10H2,1-2H3,(H,18,19)(H,20,21);4-5H,3,7H2,1-2H3,(H,8,9)/t11-,14+;5-/m10/s1. The summed E-state index contributed by atoms with van der Waals surface area (Å²) in [5.74, 6) is -2.63. The molecule has 0 aliphatic heterocycles. The van der Waals surface area contributed by atoms with Gasteiger partial charge < -0.3 is 21.1 Å². The number of carboxylic acids is 3. The van der Waals surface area contributed by atoms with E-state index in [2.05, 4.69) is 24.4 Å². The first-order chi connectivity index (χ1) is 14.0. The van der Waals surface area contributed by atoms with Crippen LogP contribution in [0.15, 0.2) is 24.3 Å². The van der Waals surface area contributed by atoms with Crippen LogP contribution in [0, 0.1) is 5.92 Å². The summed E-state index contributed by atoms with van der Waals surface area (Å²) in [5.41, 5.74) is 7.55. The Bertz CT molecular complexity index is 660. The van der Waals surface area contributed by atoms with Gasteiger partial charge in [0.1, 0.15) is 18.1 Å². The van der Waals surface area contributed by atoms with Gasteiger partial charge in [0, 0.05) is 0 Å². The highest BCUT2D eigenvalue weighted by molar-refractivity contribution is 5.77. The normalized spacial score (nSPS) is 13.7. The smallest absolute Gasteiger partial charge is 0.320 e. The third-order valence-electron chi connectivity index (χ3n) is 4.45.